The Bertz CT molecular complexity index is 344. The summed E-state index contributed by atoms with van der Waals surface area (Å²) in [5, 5.41) is 1.23. The van der Waals surface area contributed by atoms with E-state index >= 15 is 0 Å². The molecule has 0 radical (unpaired) electrons. The average Bonchev–Trinajstić information content (AvgIpc) is 2.15. The fourth-order valence-electron chi connectivity index (χ4n) is 1.33. The lowest BCUT2D eigenvalue weighted by molar-refractivity contribution is 0.244. The molecule has 16 heavy (non-hydrogen) atoms. The minimum atomic E-state index is -0.721. The molecule has 1 rings (SSSR count). The largest absolute Gasteiger partial charge is 0.490 e. The molecule has 0 spiro atoms. The summed E-state index contributed by atoms with van der Waals surface area (Å²) in [6.45, 7) is 10.6. The molecule has 1 atom stereocenters. The summed E-state index contributed by atoms with van der Waals surface area (Å²) in [6, 6.07) is 8.08. The van der Waals surface area contributed by atoms with Gasteiger partial charge in [-0.25, -0.2) is 0 Å². The maximum absolute atomic E-state index is 6.56. The van der Waals surface area contributed by atoms with E-state index in [0.29, 0.717) is 0 Å². The fraction of sp³-hybridized carbons (Fsp3) is 0.538. The molecule has 0 heterocycles. The number of rotatable bonds is 3. The third-order valence-corrected chi connectivity index (χ3v) is 6.07. The van der Waals surface area contributed by atoms with Crippen LogP contribution >= 0.6 is 18.5 Å². The van der Waals surface area contributed by atoms with Crippen LogP contribution in [0.4, 0.5) is 0 Å². The molecule has 1 unspecified atom stereocenters. The zero-order valence-corrected chi connectivity index (χ0v) is 12.3. The molecule has 0 aliphatic heterocycles. The van der Waals surface area contributed by atoms with Gasteiger partial charge in [0.15, 0.2) is 0 Å². The third kappa shape index (κ3) is 3.64. The highest BCUT2D eigenvalue weighted by atomic mass is 35.7. The highest BCUT2D eigenvalue weighted by Gasteiger charge is 2.26. The molecule has 1 aromatic carbocycles. The first-order valence-corrected chi connectivity index (χ1v) is 7.78. The van der Waals surface area contributed by atoms with Gasteiger partial charge >= 0.3 is 0 Å². The van der Waals surface area contributed by atoms with Crippen molar-refractivity contribution in [2.45, 2.75) is 45.9 Å². The van der Waals surface area contributed by atoms with Crippen molar-refractivity contribution in [3.63, 3.8) is 0 Å². The van der Waals surface area contributed by atoms with Gasteiger partial charge in [0.2, 0.25) is 0 Å². The van der Waals surface area contributed by atoms with Crippen LogP contribution in [0.25, 0.3) is 0 Å². The van der Waals surface area contributed by atoms with Gasteiger partial charge in [0, 0.05) is 17.7 Å². The Morgan fingerprint density at radius 1 is 1.19 bits per heavy atom. The minimum absolute atomic E-state index is 0.0906. The number of hydrogen-bond acceptors (Lipinski definition) is 1. The van der Waals surface area contributed by atoms with Crippen molar-refractivity contribution >= 4 is 23.8 Å². The second-order valence-electron chi connectivity index (χ2n) is 5.09. The highest BCUT2D eigenvalue weighted by Crippen LogP contribution is 2.54. The Morgan fingerprint density at radius 2 is 1.75 bits per heavy atom. The number of ether oxygens (including phenoxy) is 1. The molecule has 0 N–H and O–H groups in total. The molecule has 0 amide bonds. The van der Waals surface area contributed by atoms with E-state index in [1.54, 1.807) is 0 Å². The summed E-state index contributed by atoms with van der Waals surface area (Å²) < 4.78 is 5.79. The van der Waals surface area contributed by atoms with Crippen LogP contribution in [0.5, 0.6) is 5.75 Å². The van der Waals surface area contributed by atoms with E-state index in [1.165, 1.54) is 0 Å². The Labute approximate surface area is 105 Å². The SMILES string of the molecule is CC(C)Oc1ccccc1P(Cl)C(C)(C)C. The van der Waals surface area contributed by atoms with Gasteiger partial charge in [-0.05, 0) is 26.0 Å². The number of para-hydroxylation sites is 1. The van der Waals surface area contributed by atoms with Crippen molar-refractivity contribution in [3.05, 3.63) is 24.3 Å². The highest BCUT2D eigenvalue weighted by molar-refractivity contribution is 7.91. The summed E-state index contributed by atoms with van der Waals surface area (Å²) in [4.78, 5) is 0. The molecule has 0 fully saturated rings. The van der Waals surface area contributed by atoms with E-state index in [2.05, 4.69) is 26.8 Å². The Balaban J connectivity index is 3.03. The van der Waals surface area contributed by atoms with Crippen LogP contribution in [0, 0.1) is 0 Å². The standard InChI is InChI=1S/C13H20ClOP/c1-10(2)15-11-8-6-7-9-12(11)16(14)13(3,4)5/h6-10H,1-5H3. The maximum atomic E-state index is 6.56. The number of hydrogen-bond donors (Lipinski definition) is 0. The number of halogens is 1. The van der Waals surface area contributed by atoms with Gasteiger partial charge in [0.05, 0.1) is 6.10 Å². The van der Waals surface area contributed by atoms with Gasteiger partial charge < -0.3 is 4.74 Å². The van der Waals surface area contributed by atoms with Crippen molar-refractivity contribution in [2.75, 3.05) is 0 Å². The molecule has 0 aliphatic rings. The molecular weight excluding hydrogens is 239 g/mol. The van der Waals surface area contributed by atoms with E-state index in [1.807, 2.05) is 32.0 Å². The Morgan fingerprint density at radius 3 is 2.25 bits per heavy atom. The predicted molar refractivity (Wildman–Crippen MR) is 74.4 cm³/mol. The molecular formula is C13H20ClOP. The van der Waals surface area contributed by atoms with Crippen LogP contribution in [0.1, 0.15) is 34.6 Å². The lowest BCUT2D eigenvalue weighted by Gasteiger charge is -2.27. The minimum Gasteiger partial charge on any atom is -0.490 e. The Hall–Kier alpha value is -0.260. The summed E-state index contributed by atoms with van der Waals surface area (Å²) in [7, 11) is -0.721. The molecule has 1 aromatic rings. The lowest BCUT2D eigenvalue weighted by Crippen LogP contribution is -2.19. The van der Waals surface area contributed by atoms with Gasteiger partial charge in [-0.1, -0.05) is 44.1 Å². The zero-order chi connectivity index (χ0) is 12.3. The average molecular weight is 259 g/mol. The molecule has 0 aromatic heterocycles. The molecule has 0 aliphatic carbocycles. The van der Waals surface area contributed by atoms with E-state index in [9.17, 15) is 0 Å². The van der Waals surface area contributed by atoms with Crippen LogP contribution in [-0.4, -0.2) is 11.3 Å². The summed E-state index contributed by atoms with van der Waals surface area (Å²) in [5.41, 5.74) is 0. The summed E-state index contributed by atoms with van der Waals surface area (Å²) in [5.74, 6) is 0.925. The van der Waals surface area contributed by atoms with E-state index in [0.717, 1.165) is 11.1 Å². The van der Waals surface area contributed by atoms with Crippen LogP contribution in [0.15, 0.2) is 24.3 Å². The van der Waals surface area contributed by atoms with Crippen LogP contribution in [0.2, 0.25) is 0 Å². The first-order valence-electron chi connectivity index (χ1n) is 5.54. The first kappa shape index (κ1) is 13.8. The van der Waals surface area contributed by atoms with Gasteiger partial charge in [-0.15, -0.1) is 0 Å². The van der Waals surface area contributed by atoms with Crippen molar-refractivity contribution in [2.24, 2.45) is 0 Å². The van der Waals surface area contributed by atoms with Gasteiger partial charge in [0.25, 0.3) is 0 Å². The Kier molecular flexibility index (Phi) is 4.64. The lowest BCUT2D eigenvalue weighted by atomic mass is 10.3. The van der Waals surface area contributed by atoms with E-state index in [4.69, 9.17) is 16.0 Å². The van der Waals surface area contributed by atoms with Crippen molar-refractivity contribution < 1.29 is 4.74 Å². The van der Waals surface area contributed by atoms with E-state index in [-0.39, 0.29) is 11.3 Å². The van der Waals surface area contributed by atoms with Gasteiger partial charge in [-0.2, -0.15) is 0 Å². The zero-order valence-electron chi connectivity index (χ0n) is 10.6. The van der Waals surface area contributed by atoms with Crippen LogP contribution in [-0.2, 0) is 0 Å². The molecule has 3 heteroatoms. The second-order valence-corrected chi connectivity index (χ2v) is 8.49. The molecule has 1 nitrogen and oxygen atoms in total. The van der Waals surface area contributed by atoms with Crippen LogP contribution in [0.3, 0.4) is 0 Å². The third-order valence-electron chi connectivity index (χ3n) is 2.03. The van der Waals surface area contributed by atoms with Crippen molar-refractivity contribution in [1.29, 1.82) is 0 Å². The fourth-order valence-corrected chi connectivity index (χ4v) is 3.01. The normalized spacial score (nSPS) is 13.9. The first-order chi connectivity index (χ1) is 7.32. The molecule has 90 valence electrons. The monoisotopic (exact) mass is 258 g/mol. The number of benzene rings is 1. The quantitative estimate of drug-likeness (QED) is 0.724. The molecule has 0 saturated carbocycles. The van der Waals surface area contributed by atoms with E-state index < -0.39 is 7.27 Å². The smallest absolute Gasteiger partial charge is 0.128 e. The van der Waals surface area contributed by atoms with Gasteiger partial charge in [-0.3, -0.25) is 0 Å². The van der Waals surface area contributed by atoms with Crippen molar-refractivity contribution in [3.8, 4) is 5.75 Å². The summed E-state index contributed by atoms with van der Waals surface area (Å²) >= 11 is 6.56. The molecule has 0 saturated heterocycles. The predicted octanol–water partition coefficient (Wildman–Crippen LogP) is 4.53. The van der Waals surface area contributed by atoms with Crippen molar-refractivity contribution in [1.82, 2.24) is 0 Å². The maximum Gasteiger partial charge on any atom is 0.128 e. The molecule has 0 bridgehead atoms. The van der Waals surface area contributed by atoms with Gasteiger partial charge in [0.1, 0.15) is 5.75 Å². The van der Waals surface area contributed by atoms with Crippen LogP contribution < -0.4 is 10.0 Å². The topological polar surface area (TPSA) is 9.23 Å². The second kappa shape index (κ2) is 5.38. The summed E-state index contributed by atoms with van der Waals surface area (Å²) in [6.07, 6.45) is 0.182.